The minimum atomic E-state index is -3.97. The number of rotatable bonds is 14. The fraction of sp³-hybridized carbons (Fsp3) is 0.394. The predicted molar refractivity (Wildman–Crippen MR) is 176 cm³/mol. The quantitative estimate of drug-likeness (QED) is 0.173. The number of unbranched alkanes of at least 4 members (excludes halogenated alkanes) is 2. The van der Waals surface area contributed by atoms with Gasteiger partial charge in [0.05, 0.1) is 30.3 Å². The average Bonchev–Trinajstić information content (AvgIpc) is 3.01. The molecule has 11 nitrogen and oxygen atoms in total. The molecular formula is C33H43N5O6S. The van der Waals surface area contributed by atoms with Crippen LogP contribution >= 0.6 is 0 Å². The fourth-order valence-corrected chi connectivity index (χ4v) is 6.27. The van der Waals surface area contributed by atoms with Crippen molar-refractivity contribution in [3.63, 3.8) is 0 Å². The van der Waals surface area contributed by atoms with E-state index in [2.05, 4.69) is 22.0 Å². The Kier molecular flexibility index (Phi) is 11.8. The Labute approximate surface area is 265 Å². The van der Waals surface area contributed by atoms with Crippen molar-refractivity contribution in [3.05, 3.63) is 77.4 Å². The highest BCUT2D eigenvalue weighted by Crippen LogP contribution is 2.29. The highest BCUT2D eigenvalue weighted by molar-refractivity contribution is 7.92. The third-order valence-electron chi connectivity index (χ3n) is 7.65. The minimum Gasteiger partial charge on any atom is -0.491 e. The van der Waals surface area contributed by atoms with Crippen LogP contribution in [0.1, 0.15) is 47.2 Å². The maximum absolute atomic E-state index is 13.3. The van der Waals surface area contributed by atoms with Gasteiger partial charge in [0.2, 0.25) is 5.91 Å². The molecule has 2 amide bonds. The van der Waals surface area contributed by atoms with E-state index in [-0.39, 0.29) is 34.7 Å². The van der Waals surface area contributed by atoms with Crippen molar-refractivity contribution in [3.8, 4) is 5.75 Å². The molecule has 0 radical (unpaired) electrons. The van der Waals surface area contributed by atoms with Gasteiger partial charge < -0.3 is 30.3 Å². The number of carbonyl (C=O) groups excluding carboxylic acids is 2. The van der Waals surface area contributed by atoms with Crippen molar-refractivity contribution < 1.29 is 27.5 Å². The Morgan fingerprint density at radius 2 is 1.67 bits per heavy atom. The van der Waals surface area contributed by atoms with Crippen LogP contribution in [0.25, 0.3) is 0 Å². The van der Waals surface area contributed by atoms with Gasteiger partial charge in [-0.25, -0.2) is 8.42 Å². The van der Waals surface area contributed by atoms with Crippen LogP contribution in [0.3, 0.4) is 0 Å². The van der Waals surface area contributed by atoms with Crippen LogP contribution in [0.2, 0.25) is 0 Å². The van der Waals surface area contributed by atoms with E-state index in [1.54, 1.807) is 30.3 Å². The van der Waals surface area contributed by atoms with Gasteiger partial charge in [0, 0.05) is 50.8 Å². The number of methoxy groups -OCH3 is 1. The zero-order valence-electron chi connectivity index (χ0n) is 26.2. The zero-order chi connectivity index (χ0) is 32.4. The van der Waals surface area contributed by atoms with E-state index in [1.165, 1.54) is 25.3 Å². The van der Waals surface area contributed by atoms with E-state index in [0.29, 0.717) is 35.6 Å². The standard InChI is InChI=1S/C33H43N5O6S/c1-24-12-14-29(30(21-24)44-20-8-4-5-11-32(39)38-18-16-37(2)17-19-38)35-33(40)25-13-15-28(26(22-25)23-43-3)36-45(41,42)31-10-7-6-9-27(31)34/h6-7,9-10,12-15,21-22,36H,4-5,8,11,16-20,23,34H2,1-3H3,(H,35,40). The lowest BCUT2D eigenvalue weighted by molar-refractivity contribution is -0.132. The molecule has 1 heterocycles. The number of likely N-dealkylation sites (N-methyl/N-ethyl adjacent to an activating group) is 1. The second kappa shape index (κ2) is 15.7. The number of amides is 2. The molecular weight excluding hydrogens is 594 g/mol. The van der Waals surface area contributed by atoms with Crippen LogP contribution < -0.4 is 20.5 Å². The number of para-hydroxylation sites is 1. The third kappa shape index (κ3) is 9.43. The summed E-state index contributed by atoms with van der Waals surface area (Å²) in [5, 5.41) is 2.92. The van der Waals surface area contributed by atoms with Crippen LogP contribution in [0, 0.1) is 6.92 Å². The summed E-state index contributed by atoms with van der Waals surface area (Å²) in [5.41, 5.74) is 8.60. The number of sulfonamides is 1. The normalized spacial score (nSPS) is 13.8. The number of hydrogen-bond donors (Lipinski definition) is 3. The molecule has 0 aliphatic carbocycles. The van der Waals surface area contributed by atoms with Gasteiger partial charge in [-0.15, -0.1) is 0 Å². The third-order valence-corrected chi connectivity index (χ3v) is 9.09. The van der Waals surface area contributed by atoms with Gasteiger partial charge >= 0.3 is 0 Å². The van der Waals surface area contributed by atoms with Gasteiger partial charge in [-0.2, -0.15) is 0 Å². The first-order valence-corrected chi connectivity index (χ1v) is 16.6. The largest absolute Gasteiger partial charge is 0.491 e. The summed E-state index contributed by atoms with van der Waals surface area (Å²) in [6.07, 6.45) is 2.99. The number of ether oxygens (including phenoxy) is 2. The molecule has 0 aromatic heterocycles. The molecule has 1 aliphatic heterocycles. The topological polar surface area (TPSA) is 143 Å². The maximum atomic E-state index is 13.3. The number of nitrogens with zero attached hydrogens (tertiary/aromatic N) is 2. The van der Waals surface area contributed by atoms with E-state index in [4.69, 9.17) is 15.2 Å². The van der Waals surface area contributed by atoms with Crippen molar-refractivity contribution in [2.24, 2.45) is 0 Å². The first-order chi connectivity index (χ1) is 21.6. The minimum absolute atomic E-state index is 0.0405. The van der Waals surface area contributed by atoms with Crippen molar-refractivity contribution in [1.29, 1.82) is 0 Å². The molecule has 1 aliphatic rings. The van der Waals surface area contributed by atoms with Gasteiger partial charge in [0.25, 0.3) is 15.9 Å². The number of anilines is 3. The Hall–Kier alpha value is -4.13. The molecule has 4 rings (SSSR count). The van der Waals surface area contributed by atoms with Crippen molar-refractivity contribution in [2.75, 3.05) is 62.7 Å². The van der Waals surface area contributed by atoms with Crippen LogP contribution in [-0.2, 0) is 26.2 Å². The molecule has 0 unspecified atom stereocenters. The molecule has 4 N–H and O–H groups in total. The van der Waals surface area contributed by atoms with Crippen molar-refractivity contribution in [1.82, 2.24) is 9.80 Å². The van der Waals surface area contributed by atoms with E-state index >= 15 is 0 Å². The van der Waals surface area contributed by atoms with E-state index < -0.39 is 10.0 Å². The molecule has 0 bridgehead atoms. The fourth-order valence-electron chi connectivity index (χ4n) is 5.03. The number of nitrogen functional groups attached to an aromatic ring is 1. The summed E-state index contributed by atoms with van der Waals surface area (Å²) in [4.78, 5) is 29.9. The van der Waals surface area contributed by atoms with Gasteiger partial charge in [-0.1, -0.05) is 18.2 Å². The Morgan fingerprint density at radius 1 is 0.933 bits per heavy atom. The monoisotopic (exact) mass is 637 g/mol. The molecule has 1 fully saturated rings. The molecule has 0 spiro atoms. The molecule has 242 valence electrons. The number of carbonyl (C=O) groups is 2. The lowest BCUT2D eigenvalue weighted by Crippen LogP contribution is -2.47. The SMILES string of the molecule is COCc1cc(C(=O)Nc2ccc(C)cc2OCCCCCC(=O)N2CCN(C)CC2)ccc1NS(=O)(=O)c1ccccc1N. The number of benzene rings is 3. The van der Waals surface area contributed by atoms with E-state index in [0.717, 1.165) is 51.0 Å². The molecule has 1 saturated heterocycles. The van der Waals surface area contributed by atoms with Crippen LogP contribution in [0.5, 0.6) is 5.75 Å². The summed E-state index contributed by atoms with van der Waals surface area (Å²) in [6.45, 7) is 5.89. The first-order valence-electron chi connectivity index (χ1n) is 15.1. The van der Waals surface area contributed by atoms with Gasteiger partial charge in [0.1, 0.15) is 10.6 Å². The van der Waals surface area contributed by atoms with Crippen LogP contribution in [0.4, 0.5) is 17.1 Å². The smallest absolute Gasteiger partial charge is 0.263 e. The summed E-state index contributed by atoms with van der Waals surface area (Å²) >= 11 is 0. The molecule has 3 aromatic rings. The van der Waals surface area contributed by atoms with E-state index in [9.17, 15) is 18.0 Å². The van der Waals surface area contributed by atoms with Crippen LogP contribution in [0.15, 0.2) is 65.6 Å². The molecule has 0 saturated carbocycles. The second-order valence-corrected chi connectivity index (χ2v) is 12.9. The zero-order valence-corrected chi connectivity index (χ0v) is 27.0. The van der Waals surface area contributed by atoms with Crippen LogP contribution in [-0.4, -0.2) is 77.0 Å². The van der Waals surface area contributed by atoms with Crippen molar-refractivity contribution >= 4 is 38.9 Å². The second-order valence-electron chi connectivity index (χ2n) is 11.2. The molecule has 12 heteroatoms. The van der Waals surface area contributed by atoms with E-state index in [1.807, 2.05) is 24.0 Å². The first kappa shape index (κ1) is 33.8. The summed E-state index contributed by atoms with van der Waals surface area (Å²) in [6, 6.07) is 16.4. The summed E-state index contributed by atoms with van der Waals surface area (Å²) < 4.78 is 39.9. The number of piperazine rings is 1. The maximum Gasteiger partial charge on any atom is 0.263 e. The Bertz CT molecular complexity index is 1590. The predicted octanol–water partition coefficient (Wildman–Crippen LogP) is 4.49. The number of nitrogens with two attached hydrogens (primary N) is 1. The molecule has 3 aromatic carbocycles. The highest BCUT2D eigenvalue weighted by atomic mass is 32.2. The molecule has 0 atom stereocenters. The molecule has 45 heavy (non-hydrogen) atoms. The van der Waals surface area contributed by atoms with Gasteiger partial charge in [-0.05, 0) is 81.3 Å². The summed E-state index contributed by atoms with van der Waals surface area (Å²) in [5.74, 6) is 0.386. The van der Waals surface area contributed by atoms with Gasteiger partial charge in [-0.3, -0.25) is 14.3 Å². The number of aryl methyl sites for hydroxylation is 1. The Morgan fingerprint density at radius 3 is 2.40 bits per heavy atom. The van der Waals surface area contributed by atoms with Crippen molar-refractivity contribution in [2.45, 2.75) is 44.1 Å². The summed E-state index contributed by atoms with van der Waals surface area (Å²) in [7, 11) is -0.411. The number of hydrogen-bond acceptors (Lipinski definition) is 8. The lowest BCUT2D eigenvalue weighted by atomic mass is 10.1. The lowest BCUT2D eigenvalue weighted by Gasteiger charge is -2.32. The number of nitrogens with one attached hydrogen (secondary N) is 2. The highest BCUT2D eigenvalue weighted by Gasteiger charge is 2.21. The Balaban J connectivity index is 1.35. The van der Waals surface area contributed by atoms with Gasteiger partial charge in [0.15, 0.2) is 0 Å². The average molecular weight is 638 g/mol.